The molecule has 2 rings (SSSR count). The zero-order valence-corrected chi connectivity index (χ0v) is 11.9. The molecule has 3 nitrogen and oxygen atoms in total. The van der Waals surface area contributed by atoms with Crippen LogP contribution in [0, 0.1) is 0 Å². The maximum atomic E-state index is 9.30. The number of aliphatic hydroxyl groups is 1. The number of hydrogen-bond acceptors (Lipinski definition) is 3. The fraction of sp³-hybridized carbons (Fsp3) is 0.267. The van der Waals surface area contributed by atoms with Crippen LogP contribution in [0.2, 0.25) is 0 Å². The summed E-state index contributed by atoms with van der Waals surface area (Å²) in [7, 11) is 1.98. The van der Waals surface area contributed by atoms with E-state index in [4.69, 9.17) is 18.0 Å². The van der Waals surface area contributed by atoms with Crippen LogP contribution in [0.3, 0.4) is 0 Å². The fourth-order valence-corrected chi connectivity index (χ4v) is 2.34. The minimum atomic E-state index is 0.0547. The smallest absolute Gasteiger partial charge is 0.104 e. The summed E-state index contributed by atoms with van der Waals surface area (Å²) < 4.78 is 0. The molecule has 2 aromatic carbocycles. The molecule has 0 aliphatic rings. The number of anilines is 1. The lowest BCUT2D eigenvalue weighted by atomic mass is 10.0. The van der Waals surface area contributed by atoms with Gasteiger partial charge in [-0.25, -0.2) is 0 Å². The number of benzene rings is 2. The van der Waals surface area contributed by atoms with Crippen LogP contribution in [-0.2, 0) is 0 Å². The number of nitrogens with two attached hydrogens (primary N) is 1. The quantitative estimate of drug-likeness (QED) is 0.840. The third kappa shape index (κ3) is 2.55. The summed E-state index contributed by atoms with van der Waals surface area (Å²) in [6.45, 7) is 2.10. The van der Waals surface area contributed by atoms with Gasteiger partial charge in [0.15, 0.2) is 0 Å². The molecule has 0 bridgehead atoms. The molecule has 0 radical (unpaired) electrons. The Kier molecular flexibility index (Phi) is 4.02. The first kappa shape index (κ1) is 13.8. The molecule has 0 fully saturated rings. The predicted molar refractivity (Wildman–Crippen MR) is 84.8 cm³/mol. The van der Waals surface area contributed by atoms with Crippen LogP contribution >= 0.6 is 12.2 Å². The lowest BCUT2D eigenvalue weighted by molar-refractivity contribution is 0.270. The molecule has 0 amide bonds. The second kappa shape index (κ2) is 5.55. The Morgan fingerprint density at radius 1 is 1.26 bits per heavy atom. The zero-order chi connectivity index (χ0) is 14.0. The second-order valence-corrected chi connectivity index (χ2v) is 5.12. The lowest BCUT2D eigenvalue weighted by Crippen LogP contribution is -2.32. The predicted octanol–water partition coefficient (Wildman–Crippen LogP) is 2.29. The number of fused-ring (bicyclic) bond motifs is 1. The van der Waals surface area contributed by atoms with E-state index in [1.807, 2.05) is 50.4 Å². The van der Waals surface area contributed by atoms with E-state index in [2.05, 4.69) is 4.90 Å². The van der Waals surface area contributed by atoms with E-state index in [0.29, 0.717) is 4.99 Å². The molecule has 2 aromatic rings. The molecule has 0 saturated carbocycles. The van der Waals surface area contributed by atoms with Crippen molar-refractivity contribution in [2.45, 2.75) is 13.0 Å². The van der Waals surface area contributed by atoms with Gasteiger partial charge in [0, 0.05) is 29.7 Å². The molecule has 0 spiro atoms. The maximum absolute atomic E-state index is 9.30. The van der Waals surface area contributed by atoms with E-state index in [1.165, 1.54) is 0 Å². The van der Waals surface area contributed by atoms with Crippen LogP contribution in [0.5, 0.6) is 0 Å². The van der Waals surface area contributed by atoms with Gasteiger partial charge in [0.05, 0.1) is 6.61 Å². The molecule has 0 aromatic heterocycles. The second-order valence-electron chi connectivity index (χ2n) is 4.68. The number of thiocarbonyl (C=S) groups is 1. The number of hydrogen-bond donors (Lipinski definition) is 2. The minimum Gasteiger partial charge on any atom is -0.394 e. The largest absolute Gasteiger partial charge is 0.394 e. The molecule has 19 heavy (non-hydrogen) atoms. The molecule has 0 aliphatic carbocycles. The Morgan fingerprint density at radius 2 is 1.89 bits per heavy atom. The van der Waals surface area contributed by atoms with Crippen molar-refractivity contribution in [1.82, 2.24) is 0 Å². The van der Waals surface area contributed by atoms with E-state index in [9.17, 15) is 5.11 Å². The normalized spacial score (nSPS) is 12.4. The summed E-state index contributed by atoms with van der Waals surface area (Å²) in [4.78, 5) is 2.46. The van der Waals surface area contributed by atoms with Crippen LogP contribution < -0.4 is 10.6 Å². The third-order valence-electron chi connectivity index (χ3n) is 3.47. The molecule has 4 heteroatoms. The Bertz CT molecular complexity index is 612. The van der Waals surface area contributed by atoms with Crippen molar-refractivity contribution in [3.63, 3.8) is 0 Å². The summed E-state index contributed by atoms with van der Waals surface area (Å²) in [5.74, 6) is 0. The highest BCUT2D eigenvalue weighted by Gasteiger charge is 2.14. The monoisotopic (exact) mass is 274 g/mol. The third-order valence-corrected chi connectivity index (χ3v) is 3.69. The van der Waals surface area contributed by atoms with Gasteiger partial charge in [-0.2, -0.15) is 0 Å². The first-order valence-electron chi connectivity index (χ1n) is 6.21. The Morgan fingerprint density at radius 3 is 2.47 bits per heavy atom. The van der Waals surface area contributed by atoms with Gasteiger partial charge >= 0.3 is 0 Å². The van der Waals surface area contributed by atoms with E-state index < -0.39 is 0 Å². The van der Waals surface area contributed by atoms with E-state index >= 15 is 0 Å². The van der Waals surface area contributed by atoms with E-state index in [0.717, 1.165) is 22.0 Å². The van der Waals surface area contributed by atoms with Gasteiger partial charge in [-0.1, -0.05) is 36.5 Å². The number of nitrogens with zero attached hydrogens (tertiary/aromatic N) is 1. The number of likely N-dealkylation sites (N-methyl/N-ethyl adjacent to an activating group) is 1. The van der Waals surface area contributed by atoms with Crippen molar-refractivity contribution < 1.29 is 5.11 Å². The summed E-state index contributed by atoms with van der Waals surface area (Å²) in [6.07, 6.45) is 0. The molecular formula is C15H18N2OS. The van der Waals surface area contributed by atoms with Crippen molar-refractivity contribution in [1.29, 1.82) is 0 Å². The van der Waals surface area contributed by atoms with Gasteiger partial charge in [-0.15, -0.1) is 0 Å². The first-order valence-corrected chi connectivity index (χ1v) is 6.62. The van der Waals surface area contributed by atoms with Gasteiger partial charge < -0.3 is 15.7 Å². The van der Waals surface area contributed by atoms with Crippen LogP contribution in [-0.4, -0.2) is 29.8 Å². The van der Waals surface area contributed by atoms with Gasteiger partial charge in [-0.3, -0.25) is 0 Å². The molecule has 0 heterocycles. The van der Waals surface area contributed by atoms with Crippen molar-refractivity contribution in [3.8, 4) is 0 Å². The Balaban J connectivity index is 2.65. The van der Waals surface area contributed by atoms with Gasteiger partial charge in [0.1, 0.15) is 4.99 Å². The van der Waals surface area contributed by atoms with Crippen molar-refractivity contribution in [2.24, 2.45) is 5.73 Å². The molecule has 100 valence electrons. The Hall–Kier alpha value is -1.65. The number of aliphatic hydroxyl groups excluding tert-OH is 1. The molecule has 0 aliphatic heterocycles. The lowest BCUT2D eigenvalue weighted by Gasteiger charge is -2.27. The average Bonchev–Trinajstić information content (AvgIpc) is 2.44. The van der Waals surface area contributed by atoms with E-state index in [1.54, 1.807) is 0 Å². The van der Waals surface area contributed by atoms with Crippen molar-refractivity contribution in [2.75, 3.05) is 18.6 Å². The number of rotatable bonds is 4. The van der Waals surface area contributed by atoms with Gasteiger partial charge in [0.25, 0.3) is 0 Å². The standard InChI is InChI=1S/C15H18N2OS/c1-10(9-18)17(2)14-8-7-13(15(16)19)11-5-3-4-6-12(11)14/h3-8,10,18H,9H2,1-2H3,(H2,16,19). The maximum Gasteiger partial charge on any atom is 0.104 e. The highest BCUT2D eigenvalue weighted by molar-refractivity contribution is 7.80. The summed E-state index contributed by atoms with van der Waals surface area (Å²) in [6, 6.07) is 12.0. The van der Waals surface area contributed by atoms with E-state index in [-0.39, 0.29) is 12.6 Å². The van der Waals surface area contributed by atoms with Gasteiger partial charge in [-0.05, 0) is 24.4 Å². The molecule has 3 N–H and O–H groups in total. The molecule has 0 saturated heterocycles. The SMILES string of the molecule is CC(CO)N(C)c1ccc(C(N)=S)c2ccccc12. The summed E-state index contributed by atoms with van der Waals surface area (Å²) >= 11 is 5.10. The van der Waals surface area contributed by atoms with Crippen molar-refractivity contribution in [3.05, 3.63) is 42.0 Å². The average molecular weight is 274 g/mol. The minimum absolute atomic E-state index is 0.0547. The highest BCUT2D eigenvalue weighted by atomic mass is 32.1. The van der Waals surface area contributed by atoms with Gasteiger partial charge in [0.2, 0.25) is 0 Å². The zero-order valence-electron chi connectivity index (χ0n) is 11.1. The van der Waals surface area contributed by atoms with Crippen LogP contribution in [0.4, 0.5) is 5.69 Å². The molecule has 1 unspecified atom stereocenters. The fourth-order valence-electron chi connectivity index (χ4n) is 2.17. The van der Waals surface area contributed by atoms with Crippen LogP contribution in [0.1, 0.15) is 12.5 Å². The van der Waals surface area contributed by atoms with Crippen LogP contribution in [0.15, 0.2) is 36.4 Å². The van der Waals surface area contributed by atoms with Crippen molar-refractivity contribution >= 4 is 33.7 Å². The summed E-state index contributed by atoms with van der Waals surface area (Å²) in [5, 5.41) is 11.4. The van der Waals surface area contributed by atoms with Crippen LogP contribution in [0.25, 0.3) is 10.8 Å². The summed E-state index contributed by atoms with van der Waals surface area (Å²) in [5.41, 5.74) is 7.72. The topological polar surface area (TPSA) is 49.5 Å². The highest BCUT2D eigenvalue weighted by Crippen LogP contribution is 2.29. The Labute approximate surface area is 118 Å². The molecular weight excluding hydrogens is 256 g/mol. The first-order chi connectivity index (χ1) is 9.06. The molecule has 1 atom stereocenters.